The molecule has 2 aromatic carbocycles. The molecule has 0 fully saturated rings. The fourth-order valence-electron chi connectivity index (χ4n) is 3.05. The molecule has 2 aromatic rings. The van der Waals surface area contributed by atoms with Gasteiger partial charge in [0.25, 0.3) is 0 Å². The predicted octanol–water partition coefficient (Wildman–Crippen LogP) is 3.46. The number of guanidine groups is 1. The quantitative estimate of drug-likeness (QED) is 0.496. The Kier molecular flexibility index (Phi) is 8.58. The van der Waals surface area contributed by atoms with E-state index in [1.807, 2.05) is 32.0 Å². The first kappa shape index (κ1) is 22.3. The SMILES string of the molecule is CCNC(=NCc1ccc(OC)c(OC)c1OC)NCCc1ccc(F)cc1C. The van der Waals surface area contributed by atoms with Crippen LogP contribution in [-0.4, -0.2) is 40.4 Å². The summed E-state index contributed by atoms with van der Waals surface area (Å²) in [5, 5.41) is 6.55. The molecule has 0 amide bonds. The van der Waals surface area contributed by atoms with Gasteiger partial charge in [-0.15, -0.1) is 0 Å². The Hall–Kier alpha value is -2.96. The molecule has 0 aromatic heterocycles. The van der Waals surface area contributed by atoms with Crippen molar-refractivity contribution in [1.29, 1.82) is 0 Å². The van der Waals surface area contributed by atoms with Gasteiger partial charge < -0.3 is 24.8 Å². The van der Waals surface area contributed by atoms with Gasteiger partial charge in [0.1, 0.15) is 5.82 Å². The van der Waals surface area contributed by atoms with Gasteiger partial charge in [-0.3, -0.25) is 0 Å². The third-order valence-electron chi connectivity index (χ3n) is 4.53. The first-order valence-corrected chi connectivity index (χ1v) is 9.59. The van der Waals surface area contributed by atoms with Crippen molar-refractivity contribution >= 4 is 5.96 Å². The smallest absolute Gasteiger partial charge is 0.203 e. The molecule has 0 aliphatic rings. The van der Waals surface area contributed by atoms with E-state index in [1.54, 1.807) is 27.4 Å². The molecule has 29 heavy (non-hydrogen) atoms. The summed E-state index contributed by atoms with van der Waals surface area (Å²) in [6.07, 6.45) is 0.774. The van der Waals surface area contributed by atoms with Gasteiger partial charge in [0.05, 0.1) is 27.9 Å². The van der Waals surface area contributed by atoms with Gasteiger partial charge in [-0.1, -0.05) is 6.07 Å². The van der Waals surface area contributed by atoms with Crippen molar-refractivity contribution in [3.05, 3.63) is 52.8 Å². The van der Waals surface area contributed by atoms with E-state index in [2.05, 4.69) is 15.6 Å². The van der Waals surface area contributed by atoms with Crippen LogP contribution in [0.4, 0.5) is 4.39 Å². The predicted molar refractivity (Wildman–Crippen MR) is 114 cm³/mol. The third kappa shape index (κ3) is 6.01. The van der Waals surface area contributed by atoms with Crippen molar-refractivity contribution in [3.8, 4) is 17.2 Å². The molecule has 0 atom stereocenters. The molecular formula is C22H30FN3O3. The molecule has 0 spiro atoms. The van der Waals surface area contributed by atoms with Crippen molar-refractivity contribution in [1.82, 2.24) is 10.6 Å². The number of nitrogens with one attached hydrogen (secondary N) is 2. The van der Waals surface area contributed by atoms with Crippen LogP contribution in [0.1, 0.15) is 23.6 Å². The molecule has 0 unspecified atom stereocenters. The van der Waals surface area contributed by atoms with Gasteiger partial charge in [-0.2, -0.15) is 0 Å². The lowest BCUT2D eigenvalue weighted by molar-refractivity contribution is 0.322. The van der Waals surface area contributed by atoms with Crippen LogP contribution >= 0.6 is 0 Å². The molecule has 0 saturated heterocycles. The fraction of sp³-hybridized carbons (Fsp3) is 0.409. The Labute approximate surface area is 172 Å². The summed E-state index contributed by atoms with van der Waals surface area (Å²) < 4.78 is 29.5. The number of halogens is 1. The topological polar surface area (TPSA) is 64.1 Å². The highest BCUT2D eigenvalue weighted by Gasteiger charge is 2.15. The molecule has 0 saturated carbocycles. The lowest BCUT2D eigenvalue weighted by Crippen LogP contribution is -2.38. The standard InChI is InChI=1S/C22H30FN3O3/c1-6-24-22(25-12-11-16-7-9-18(23)13-15(16)2)26-14-17-8-10-19(27-3)21(29-5)20(17)28-4/h7-10,13H,6,11-12,14H2,1-5H3,(H2,24,25,26). The molecule has 7 heteroatoms. The highest BCUT2D eigenvalue weighted by molar-refractivity contribution is 5.79. The average molecular weight is 403 g/mol. The molecule has 2 rings (SSSR count). The van der Waals surface area contributed by atoms with Gasteiger partial charge >= 0.3 is 0 Å². The van der Waals surface area contributed by atoms with Crippen LogP contribution in [0.25, 0.3) is 0 Å². The molecule has 0 aliphatic carbocycles. The van der Waals surface area contributed by atoms with E-state index in [9.17, 15) is 4.39 Å². The molecular weight excluding hydrogens is 373 g/mol. The summed E-state index contributed by atoms with van der Waals surface area (Å²) in [4.78, 5) is 4.65. The maximum absolute atomic E-state index is 13.3. The Bertz CT molecular complexity index is 840. The van der Waals surface area contributed by atoms with Crippen molar-refractivity contribution < 1.29 is 18.6 Å². The first-order chi connectivity index (χ1) is 14.0. The zero-order valence-corrected chi connectivity index (χ0v) is 17.8. The van der Waals surface area contributed by atoms with Gasteiger partial charge in [0, 0.05) is 18.7 Å². The molecule has 0 heterocycles. The Morgan fingerprint density at radius 1 is 0.966 bits per heavy atom. The minimum atomic E-state index is -0.210. The summed E-state index contributed by atoms with van der Waals surface area (Å²) >= 11 is 0. The summed E-state index contributed by atoms with van der Waals surface area (Å²) in [5.41, 5.74) is 2.94. The van der Waals surface area contributed by atoms with Gasteiger partial charge in [0.15, 0.2) is 17.5 Å². The molecule has 2 N–H and O–H groups in total. The molecule has 0 radical (unpaired) electrons. The monoisotopic (exact) mass is 403 g/mol. The van der Waals surface area contributed by atoms with Crippen LogP contribution < -0.4 is 24.8 Å². The highest BCUT2D eigenvalue weighted by atomic mass is 19.1. The Balaban J connectivity index is 2.08. The zero-order chi connectivity index (χ0) is 21.2. The van der Waals surface area contributed by atoms with Crippen LogP contribution in [0.3, 0.4) is 0 Å². The second-order valence-corrected chi connectivity index (χ2v) is 6.44. The van der Waals surface area contributed by atoms with E-state index < -0.39 is 0 Å². The number of hydrogen-bond donors (Lipinski definition) is 2. The van der Waals surface area contributed by atoms with Gasteiger partial charge in [-0.05, 0) is 55.7 Å². The van der Waals surface area contributed by atoms with Crippen molar-refractivity contribution in [2.45, 2.75) is 26.8 Å². The highest BCUT2D eigenvalue weighted by Crippen LogP contribution is 2.39. The van der Waals surface area contributed by atoms with Crippen LogP contribution in [0, 0.1) is 12.7 Å². The van der Waals surface area contributed by atoms with E-state index in [-0.39, 0.29) is 5.82 Å². The van der Waals surface area contributed by atoms with Crippen molar-refractivity contribution in [2.75, 3.05) is 34.4 Å². The minimum Gasteiger partial charge on any atom is -0.493 e. The number of hydrogen-bond acceptors (Lipinski definition) is 4. The maximum Gasteiger partial charge on any atom is 0.203 e. The summed E-state index contributed by atoms with van der Waals surface area (Å²) in [6, 6.07) is 8.62. The molecule has 6 nitrogen and oxygen atoms in total. The maximum atomic E-state index is 13.3. The van der Waals surface area contributed by atoms with Crippen molar-refractivity contribution in [3.63, 3.8) is 0 Å². The lowest BCUT2D eigenvalue weighted by Gasteiger charge is -2.16. The molecule has 0 aliphatic heterocycles. The Morgan fingerprint density at radius 2 is 1.69 bits per heavy atom. The number of aliphatic imine (C=N–C) groups is 1. The number of benzene rings is 2. The van der Waals surface area contributed by atoms with E-state index in [0.717, 1.165) is 29.7 Å². The number of rotatable bonds is 9. The second kappa shape index (κ2) is 11.1. The number of aryl methyl sites for hydroxylation is 1. The first-order valence-electron chi connectivity index (χ1n) is 9.59. The van der Waals surface area contributed by atoms with Gasteiger partial charge in [-0.25, -0.2) is 9.38 Å². The fourth-order valence-corrected chi connectivity index (χ4v) is 3.05. The van der Waals surface area contributed by atoms with Crippen LogP contribution in [0.15, 0.2) is 35.3 Å². The number of methoxy groups -OCH3 is 3. The average Bonchev–Trinajstić information content (AvgIpc) is 2.72. The lowest BCUT2D eigenvalue weighted by atomic mass is 10.1. The minimum absolute atomic E-state index is 0.210. The Morgan fingerprint density at radius 3 is 2.31 bits per heavy atom. The van der Waals surface area contributed by atoms with Crippen LogP contribution in [0.5, 0.6) is 17.2 Å². The van der Waals surface area contributed by atoms with Crippen LogP contribution in [0.2, 0.25) is 0 Å². The number of ether oxygens (including phenoxy) is 3. The van der Waals surface area contributed by atoms with Crippen molar-refractivity contribution in [2.24, 2.45) is 4.99 Å². The second-order valence-electron chi connectivity index (χ2n) is 6.44. The summed E-state index contributed by atoms with van der Waals surface area (Å²) in [5.74, 6) is 2.25. The zero-order valence-electron chi connectivity index (χ0n) is 17.8. The summed E-state index contributed by atoms with van der Waals surface area (Å²) in [6.45, 7) is 5.76. The molecule has 0 bridgehead atoms. The van der Waals surface area contributed by atoms with E-state index in [0.29, 0.717) is 36.3 Å². The normalized spacial score (nSPS) is 11.2. The van der Waals surface area contributed by atoms with E-state index >= 15 is 0 Å². The van der Waals surface area contributed by atoms with Crippen LogP contribution in [-0.2, 0) is 13.0 Å². The molecule has 158 valence electrons. The van der Waals surface area contributed by atoms with E-state index in [4.69, 9.17) is 14.2 Å². The van der Waals surface area contributed by atoms with Gasteiger partial charge in [0.2, 0.25) is 5.75 Å². The third-order valence-corrected chi connectivity index (χ3v) is 4.53. The largest absolute Gasteiger partial charge is 0.493 e. The number of nitrogens with zero attached hydrogens (tertiary/aromatic N) is 1. The van der Waals surface area contributed by atoms with E-state index in [1.165, 1.54) is 6.07 Å². The summed E-state index contributed by atoms with van der Waals surface area (Å²) in [7, 11) is 4.76.